The second kappa shape index (κ2) is 6.03. The van der Waals surface area contributed by atoms with Gasteiger partial charge in [0.15, 0.2) is 0 Å². The molecule has 0 aliphatic heterocycles. The summed E-state index contributed by atoms with van der Waals surface area (Å²) < 4.78 is 5.31. The van der Waals surface area contributed by atoms with E-state index in [9.17, 15) is 5.11 Å². The Hall–Kier alpha value is -0.840. The molecule has 1 atom stereocenters. The summed E-state index contributed by atoms with van der Waals surface area (Å²) in [5.41, 5.74) is -0.666. The van der Waals surface area contributed by atoms with Crippen molar-refractivity contribution >= 4 is 0 Å². The smallest absolute Gasteiger partial charge is 0.129 e. The molecular formula is C12H21NO3. The molecule has 1 heterocycles. The predicted octanol–water partition coefficient (Wildman–Crippen LogP) is 1.41. The van der Waals surface area contributed by atoms with Gasteiger partial charge in [0.1, 0.15) is 18.1 Å². The van der Waals surface area contributed by atoms with E-state index in [1.54, 1.807) is 6.07 Å². The number of nitrogens with one attached hydrogen (secondary N) is 1. The summed E-state index contributed by atoms with van der Waals surface area (Å²) in [6, 6.07) is 3.58. The Balaban J connectivity index is 2.29. The van der Waals surface area contributed by atoms with E-state index in [1.807, 2.05) is 13.0 Å². The van der Waals surface area contributed by atoms with Gasteiger partial charge in [0, 0.05) is 6.54 Å². The fraction of sp³-hybridized carbons (Fsp3) is 0.667. The quantitative estimate of drug-likeness (QED) is 0.659. The van der Waals surface area contributed by atoms with Gasteiger partial charge in [0.25, 0.3) is 0 Å². The Bertz CT molecular complexity index is 307. The first-order valence-corrected chi connectivity index (χ1v) is 5.69. The molecule has 0 aliphatic carbocycles. The minimum atomic E-state index is -0.666. The number of furan rings is 1. The van der Waals surface area contributed by atoms with Crippen LogP contribution in [0.3, 0.4) is 0 Å². The summed E-state index contributed by atoms with van der Waals surface area (Å²) >= 11 is 0. The van der Waals surface area contributed by atoms with Gasteiger partial charge >= 0.3 is 0 Å². The summed E-state index contributed by atoms with van der Waals surface area (Å²) in [6.45, 7) is 4.91. The van der Waals surface area contributed by atoms with Gasteiger partial charge in [-0.3, -0.25) is 0 Å². The van der Waals surface area contributed by atoms with Crippen molar-refractivity contribution < 1.29 is 14.6 Å². The maximum atomic E-state index is 9.91. The zero-order valence-electron chi connectivity index (χ0n) is 9.99. The lowest BCUT2D eigenvalue weighted by molar-refractivity contribution is 0.0493. The fourth-order valence-corrected chi connectivity index (χ4v) is 1.68. The topological polar surface area (TPSA) is 65.6 Å². The van der Waals surface area contributed by atoms with Crippen LogP contribution >= 0.6 is 0 Å². The van der Waals surface area contributed by atoms with E-state index in [0.29, 0.717) is 18.8 Å². The molecule has 0 fully saturated rings. The van der Waals surface area contributed by atoms with E-state index in [0.717, 1.165) is 18.6 Å². The molecule has 1 unspecified atom stereocenters. The molecule has 4 nitrogen and oxygen atoms in total. The molecule has 1 aromatic heterocycles. The van der Waals surface area contributed by atoms with Crippen molar-refractivity contribution in [2.75, 3.05) is 6.54 Å². The van der Waals surface area contributed by atoms with E-state index in [4.69, 9.17) is 9.52 Å². The average molecular weight is 227 g/mol. The third-order valence-electron chi connectivity index (χ3n) is 2.47. The first kappa shape index (κ1) is 13.2. The molecule has 0 radical (unpaired) electrons. The van der Waals surface area contributed by atoms with Gasteiger partial charge in [-0.1, -0.05) is 13.3 Å². The van der Waals surface area contributed by atoms with Gasteiger partial charge < -0.3 is 19.9 Å². The van der Waals surface area contributed by atoms with Crippen LogP contribution in [0, 0.1) is 0 Å². The summed E-state index contributed by atoms with van der Waals surface area (Å²) in [4.78, 5) is 0. The van der Waals surface area contributed by atoms with Gasteiger partial charge in [-0.05, 0) is 25.5 Å². The first-order chi connectivity index (χ1) is 7.57. The van der Waals surface area contributed by atoms with E-state index in [2.05, 4.69) is 12.2 Å². The summed E-state index contributed by atoms with van der Waals surface area (Å²) in [6.07, 6.45) is 1.74. The second-order valence-corrected chi connectivity index (χ2v) is 4.38. The molecule has 0 amide bonds. The van der Waals surface area contributed by atoms with Crippen LogP contribution in [0.25, 0.3) is 0 Å². The highest BCUT2D eigenvalue weighted by Crippen LogP contribution is 2.11. The Morgan fingerprint density at radius 2 is 2.06 bits per heavy atom. The maximum Gasteiger partial charge on any atom is 0.129 e. The minimum Gasteiger partial charge on any atom is -0.462 e. The fourth-order valence-electron chi connectivity index (χ4n) is 1.68. The molecule has 0 saturated carbocycles. The molecular weight excluding hydrogens is 206 g/mol. The Labute approximate surface area is 96.3 Å². The van der Waals surface area contributed by atoms with Crippen molar-refractivity contribution in [1.82, 2.24) is 5.32 Å². The van der Waals surface area contributed by atoms with Gasteiger partial charge in [-0.2, -0.15) is 0 Å². The maximum absolute atomic E-state index is 9.91. The van der Waals surface area contributed by atoms with Crippen LogP contribution in [-0.2, 0) is 13.2 Å². The Morgan fingerprint density at radius 1 is 1.38 bits per heavy atom. The first-order valence-electron chi connectivity index (χ1n) is 5.69. The van der Waals surface area contributed by atoms with Gasteiger partial charge in [0.2, 0.25) is 0 Å². The van der Waals surface area contributed by atoms with Crippen LogP contribution in [0.5, 0.6) is 0 Å². The number of aliphatic hydroxyl groups excluding tert-OH is 1. The van der Waals surface area contributed by atoms with Crippen molar-refractivity contribution in [2.24, 2.45) is 0 Å². The van der Waals surface area contributed by atoms with Crippen LogP contribution in [0.4, 0.5) is 0 Å². The SMILES string of the molecule is CCCC(C)(O)CNCc1ccc(CO)o1. The van der Waals surface area contributed by atoms with Crippen LogP contribution in [-0.4, -0.2) is 22.4 Å². The Morgan fingerprint density at radius 3 is 2.62 bits per heavy atom. The lowest BCUT2D eigenvalue weighted by Crippen LogP contribution is -2.37. The zero-order valence-corrected chi connectivity index (χ0v) is 9.99. The van der Waals surface area contributed by atoms with Crippen molar-refractivity contribution in [1.29, 1.82) is 0 Å². The lowest BCUT2D eigenvalue weighted by Gasteiger charge is -2.22. The highest BCUT2D eigenvalue weighted by molar-refractivity contribution is 5.06. The van der Waals surface area contributed by atoms with E-state index >= 15 is 0 Å². The number of hydrogen-bond donors (Lipinski definition) is 3. The second-order valence-electron chi connectivity index (χ2n) is 4.38. The largest absolute Gasteiger partial charge is 0.462 e. The van der Waals surface area contributed by atoms with Gasteiger partial charge in [-0.25, -0.2) is 0 Å². The average Bonchev–Trinajstić information content (AvgIpc) is 2.65. The molecule has 92 valence electrons. The molecule has 1 rings (SSSR count). The number of hydrogen-bond acceptors (Lipinski definition) is 4. The molecule has 0 spiro atoms. The third kappa shape index (κ3) is 4.35. The van der Waals surface area contributed by atoms with Crippen LogP contribution in [0.2, 0.25) is 0 Å². The summed E-state index contributed by atoms with van der Waals surface area (Å²) in [5.74, 6) is 1.34. The van der Waals surface area contributed by atoms with E-state index < -0.39 is 5.60 Å². The minimum absolute atomic E-state index is 0.0758. The molecule has 0 bridgehead atoms. The number of aliphatic hydroxyl groups is 2. The van der Waals surface area contributed by atoms with Crippen molar-refractivity contribution in [3.8, 4) is 0 Å². The molecule has 0 aliphatic rings. The van der Waals surface area contributed by atoms with Crippen LogP contribution in [0.15, 0.2) is 16.5 Å². The van der Waals surface area contributed by atoms with Gasteiger partial charge in [0.05, 0.1) is 12.1 Å². The standard InChI is InChI=1S/C12H21NO3/c1-3-6-12(2,15)9-13-7-10-4-5-11(8-14)16-10/h4-5,13-15H,3,6-9H2,1-2H3. The molecule has 16 heavy (non-hydrogen) atoms. The molecule has 1 aromatic rings. The lowest BCUT2D eigenvalue weighted by atomic mass is 10.0. The molecule has 4 heteroatoms. The molecule has 0 saturated heterocycles. The molecule has 3 N–H and O–H groups in total. The van der Waals surface area contributed by atoms with Crippen LogP contribution < -0.4 is 5.32 Å². The van der Waals surface area contributed by atoms with Crippen LogP contribution in [0.1, 0.15) is 38.2 Å². The normalized spacial score (nSPS) is 15.0. The van der Waals surface area contributed by atoms with Crippen molar-refractivity contribution in [3.05, 3.63) is 23.7 Å². The summed E-state index contributed by atoms with van der Waals surface area (Å²) in [7, 11) is 0. The van der Waals surface area contributed by atoms with E-state index in [-0.39, 0.29) is 6.61 Å². The van der Waals surface area contributed by atoms with Crippen molar-refractivity contribution in [3.63, 3.8) is 0 Å². The van der Waals surface area contributed by atoms with Crippen molar-refractivity contribution in [2.45, 2.75) is 45.4 Å². The highest BCUT2D eigenvalue weighted by Gasteiger charge is 2.18. The third-order valence-corrected chi connectivity index (χ3v) is 2.47. The highest BCUT2D eigenvalue weighted by atomic mass is 16.4. The monoisotopic (exact) mass is 227 g/mol. The predicted molar refractivity (Wildman–Crippen MR) is 61.9 cm³/mol. The number of rotatable bonds is 7. The Kier molecular flexibility index (Phi) is 4.99. The van der Waals surface area contributed by atoms with E-state index in [1.165, 1.54) is 0 Å². The van der Waals surface area contributed by atoms with Gasteiger partial charge in [-0.15, -0.1) is 0 Å². The molecule has 0 aromatic carbocycles. The summed E-state index contributed by atoms with van der Waals surface area (Å²) in [5, 5.41) is 21.9. The zero-order chi connectivity index (χ0) is 12.0.